The first-order valence-electron chi connectivity index (χ1n) is 5.03. The minimum Gasteiger partial charge on any atom is -0.505 e. The maximum absolute atomic E-state index is 11.3. The Hall–Kier alpha value is -1.46. The van der Waals surface area contributed by atoms with E-state index in [1.165, 1.54) is 7.11 Å². The number of carbonyl (C=O) groups excluding carboxylic acids is 1. The second-order valence-electron chi connectivity index (χ2n) is 3.50. The third kappa shape index (κ3) is 2.11. The monoisotopic (exact) mass is 283 g/mol. The van der Waals surface area contributed by atoms with Crippen molar-refractivity contribution in [3.8, 4) is 0 Å². The summed E-state index contributed by atoms with van der Waals surface area (Å²) in [5.41, 5.74) is 0.0526. The summed E-state index contributed by atoms with van der Waals surface area (Å²) >= 11 is 7.39. The van der Waals surface area contributed by atoms with E-state index in [4.69, 9.17) is 11.6 Å². The summed E-state index contributed by atoms with van der Waals surface area (Å²) in [5, 5.41) is 10.9. The van der Waals surface area contributed by atoms with Crippen molar-refractivity contribution in [3.05, 3.63) is 39.5 Å². The molecule has 2 rings (SSSR count). The van der Waals surface area contributed by atoms with Crippen molar-refractivity contribution in [1.82, 2.24) is 0 Å². The molecule has 0 bridgehead atoms. The molecule has 6 heteroatoms. The Balaban J connectivity index is 2.66. The van der Waals surface area contributed by atoms with E-state index in [9.17, 15) is 9.90 Å². The van der Waals surface area contributed by atoms with E-state index in [0.29, 0.717) is 10.6 Å². The number of rotatable bonds is 2. The Bertz CT molecular complexity index is 666. The predicted octanol–water partition coefficient (Wildman–Crippen LogP) is 1.33. The zero-order valence-electron chi connectivity index (χ0n) is 9.73. The van der Waals surface area contributed by atoms with E-state index in [1.807, 2.05) is 18.4 Å². The highest BCUT2D eigenvalue weighted by atomic mass is 35.5. The topological polar surface area (TPSA) is 58.9 Å². The van der Waals surface area contributed by atoms with Crippen LogP contribution in [0.3, 0.4) is 0 Å². The fraction of sp³-hybridized carbons (Fsp3) is 0.167. The lowest BCUT2D eigenvalue weighted by Crippen LogP contribution is -2.22. The number of nitrogens with zero attached hydrogens (tertiary/aromatic N) is 1. The van der Waals surface area contributed by atoms with Gasteiger partial charge in [0.2, 0.25) is 0 Å². The van der Waals surface area contributed by atoms with Crippen LogP contribution in [0.25, 0.3) is 5.76 Å². The van der Waals surface area contributed by atoms with Crippen LogP contribution < -0.4 is 10.6 Å². The molecule has 0 spiro atoms. The number of aliphatic hydroxyl groups is 1. The van der Waals surface area contributed by atoms with Crippen LogP contribution in [0.1, 0.15) is 0 Å². The fourth-order valence-corrected chi connectivity index (χ4v) is 2.21. The first-order chi connectivity index (χ1) is 8.58. The van der Waals surface area contributed by atoms with Crippen LogP contribution in [-0.4, -0.2) is 24.4 Å². The van der Waals surface area contributed by atoms with Gasteiger partial charge in [-0.05, 0) is 24.5 Å². The average Bonchev–Trinajstić information content (AvgIpc) is 2.73. The van der Waals surface area contributed by atoms with Gasteiger partial charge in [0.15, 0.2) is 10.8 Å². The fourth-order valence-electron chi connectivity index (χ4n) is 1.57. The molecule has 0 saturated carbocycles. The summed E-state index contributed by atoms with van der Waals surface area (Å²) in [5.74, 6) is -0.826. The largest absolute Gasteiger partial charge is 0.505 e. The van der Waals surface area contributed by atoms with Crippen LogP contribution >= 0.6 is 23.4 Å². The van der Waals surface area contributed by atoms with Crippen LogP contribution in [0.2, 0.25) is 0 Å². The van der Waals surface area contributed by atoms with Gasteiger partial charge < -0.3 is 9.84 Å². The van der Waals surface area contributed by atoms with E-state index >= 15 is 0 Å². The standard InChI is InChI=1S/C12H10ClNO3S/c1-17-12(16)9(13)10-11(15)7-4-3-6(18-2)5-8(7)14-10/h3-5,15H,1-2H3. The smallest absolute Gasteiger partial charge is 0.351 e. The van der Waals surface area contributed by atoms with Gasteiger partial charge in [0, 0.05) is 10.1 Å². The number of hydrogen-bond acceptors (Lipinski definition) is 5. The molecule has 4 nitrogen and oxygen atoms in total. The molecule has 0 atom stereocenters. The molecule has 0 fully saturated rings. The van der Waals surface area contributed by atoms with Crippen LogP contribution in [0, 0.1) is 0 Å². The quantitative estimate of drug-likeness (QED) is 0.505. The molecule has 0 aliphatic carbocycles. The average molecular weight is 284 g/mol. The Morgan fingerprint density at radius 3 is 2.83 bits per heavy atom. The molecular weight excluding hydrogens is 274 g/mol. The highest BCUT2D eigenvalue weighted by molar-refractivity contribution is 7.98. The van der Waals surface area contributed by atoms with Gasteiger partial charge in [-0.3, -0.25) is 0 Å². The summed E-state index contributed by atoms with van der Waals surface area (Å²) < 4.78 is 4.50. The summed E-state index contributed by atoms with van der Waals surface area (Å²) in [6.45, 7) is 0. The molecule has 94 valence electrons. The lowest BCUT2D eigenvalue weighted by Gasteiger charge is -1.99. The van der Waals surface area contributed by atoms with Crippen LogP contribution in [0.15, 0.2) is 38.8 Å². The van der Waals surface area contributed by atoms with Crippen molar-refractivity contribution >= 4 is 35.1 Å². The Morgan fingerprint density at radius 2 is 2.22 bits per heavy atom. The molecule has 1 aromatic rings. The van der Waals surface area contributed by atoms with Crippen LogP contribution in [0.4, 0.5) is 0 Å². The van der Waals surface area contributed by atoms with Crippen molar-refractivity contribution in [2.45, 2.75) is 4.90 Å². The number of thioether (sulfide) groups is 1. The van der Waals surface area contributed by atoms with E-state index in [-0.39, 0.29) is 16.5 Å². The number of benzene rings is 1. The molecule has 1 aromatic carbocycles. The van der Waals surface area contributed by atoms with Crippen molar-refractivity contribution < 1.29 is 14.6 Å². The SMILES string of the molecule is COC(=O)C(Cl)=C1N=c2cc(SC)ccc2=C1O. The molecule has 0 saturated heterocycles. The third-order valence-electron chi connectivity index (χ3n) is 2.49. The number of aliphatic hydroxyl groups excluding tert-OH is 1. The minimum absolute atomic E-state index is 0.0526. The van der Waals surface area contributed by atoms with Gasteiger partial charge in [-0.1, -0.05) is 11.6 Å². The van der Waals surface area contributed by atoms with Crippen molar-refractivity contribution in [2.75, 3.05) is 13.4 Å². The summed E-state index contributed by atoms with van der Waals surface area (Å²) in [6.07, 6.45) is 1.94. The maximum atomic E-state index is 11.3. The van der Waals surface area contributed by atoms with Crippen molar-refractivity contribution in [2.24, 2.45) is 4.99 Å². The molecular formula is C12H10ClNO3S. The van der Waals surface area contributed by atoms with Gasteiger partial charge in [0.05, 0.1) is 12.5 Å². The zero-order valence-corrected chi connectivity index (χ0v) is 11.3. The zero-order chi connectivity index (χ0) is 13.3. The molecule has 0 aromatic heterocycles. The summed E-state index contributed by atoms with van der Waals surface area (Å²) in [6, 6.07) is 5.43. The first-order valence-corrected chi connectivity index (χ1v) is 6.63. The second-order valence-corrected chi connectivity index (χ2v) is 4.76. The lowest BCUT2D eigenvalue weighted by atomic mass is 10.2. The molecule has 1 N–H and O–H groups in total. The number of carbonyl (C=O) groups is 1. The molecule has 18 heavy (non-hydrogen) atoms. The van der Waals surface area contributed by atoms with Crippen LogP contribution in [-0.2, 0) is 9.53 Å². The van der Waals surface area contributed by atoms with Crippen LogP contribution in [0.5, 0.6) is 0 Å². The number of hydrogen-bond donors (Lipinski definition) is 1. The third-order valence-corrected chi connectivity index (χ3v) is 3.55. The molecule has 1 aliphatic rings. The first kappa shape index (κ1) is 13.0. The van der Waals surface area contributed by atoms with Gasteiger partial charge in [-0.15, -0.1) is 11.8 Å². The lowest BCUT2D eigenvalue weighted by molar-refractivity contribution is -0.135. The molecule has 0 amide bonds. The van der Waals surface area contributed by atoms with Gasteiger partial charge in [-0.2, -0.15) is 0 Å². The normalized spacial score (nSPS) is 16.1. The Morgan fingerprint density at radius 1 is 1.50 bits per heavy atom. The number of halogens is 1. The van der Waals surface area contributed by atoms with Gasteiger partial charge in [0.1, 0.15) is 5.70 Å². The van der Waals surface area contributed by atoms with Gasteiger partial charge in [-0.25, -0.2) is 9.79 Å². The van der Waals surface area contributed by atoms with E-state index in [2.05, 4.69) is 9.73 Å². The summed E-state index contributed by atoms with van der Waals surface area (Å²) in [4.78, 5) is 16.5. The van der Waals surface area contributed by atoms with E-state index in [0.717, 1.165) is 4.90 Å². The molecule has 1 heterocycles. The van der Waals surface area contributed by atoms with Gasteiger partial charge >= 0.3 is 5.97 Å². The number of ether oxygens (including phenoxy) is 1. The molecule has 1 aliphatic heterocycles. The maximum Gasteiger partial charge on any atom is 0.351 e. The highest BCUT2D eigenvalue weighted by Gasteiger charge is 2.20. The number of fused-ring (bicyclic) bond motifs is 1. The number of esters is 1. The van der Waals surface area contributed by atoms with E-state index < -0.39 is 5.97 Å². The Kier molecular flexibility index (Phi) is 3.63. The van der Waals surface area contributed by atoms with Crippen molar-refractivity contribution in [3.63, 3.8) is 0 Å². The second kappa shape index (κ2) is 5.04. The van der Waals surface area contributed by atoms with E-state index in [1.54, 1.807) is 17.8 Å². The molecule has 0 radical (unpaired) electrons. The highest BCUT2D eigenvalue weighted by Crippen LogP contribution is 2.21. The molecule has 0 unspecified atom stereocenters. The van der Waals surface area contributed by atoms with Crippen molar-refractivity contribution in [1.29, 1.82) is 0 Å². The predicted molar refractivity (Wildman–Crippen MR) is 69.9 cm³/mol. The Labute approximate surface area is 113 Å². The number of methoxy groups -OCH3 is 1. The van der Waals surface area contributed by atoms with Gasteiger partial charge in [0.25, 0.3) is 0 Å². The summed E-state index contributed by atoms with van der Waals surface area (Å²) in [7, 11) is 1.22. The minimum atomic E-state index is -0.722.